The van der Waals surface area contributed by atoms with Crippen molar-refractivity contribution in [2.45, 2.75) is 12.3 Å². The lowest BCUT2D eigenvalue weighted by Gasteiger charge is -2.18. The fourth-order valence-corrected chi connectivity index (χ4v) is 2.47. The molecule has 2 aromatic rings. The molecule has 0 aliphatic heterocycles. The van der Waals surface area contributed by atoms with E-state index in [2.05, 4.69) is 0 Å². The molecule has 2 aromatic carbocycles. The zero-order valence-electron chi connectivity index (χ0n) is 14.2. The third kappa shape index (κ3) is 4.49. The minimum atomic E-state index is -0.408. The van der Waals surface area contributed by atoms with Crippen LogP contribution in [-0.2, 0) is 20.7 Å². The third-order valence-electron chi connectivity index (χ3n) is 3.72. The minimum Gasteiger partial charge on any atom is -0.497 e. The number of hydrogen-bond acceptors (Lipinski definition) is 5. The van der Waals surface area contributed by atoms with Crippen LogP contribution in [0.5, 0.6) is 11.5 Å². The summed E-state index contributed by atoms with van der Waals surface area (Å²) in [6, 6.07) is 15.1. The van der Waals surface area contributed by atoms with E-state index in [1.807, 2.05) is 42.5 Å². The number of rotatable bonds is 8. The Morgan fingerprint density at radius 1 is 1.04 bits per heavy atom. The summed E-state index contributed by atoms with van der Waals surface area (Å²) in [5.41, 5.74) is 1.78. The fourth-order valence-electron chi connectivity index (χ4n) is 2.47. The second-order valence-corrected chi connectivity index (χ2v) is 5.22. The summed E-state index contributed by atoms with van der Waals surface area (Å²) < 4.78 is 20.8. The Balaban J connectivity index is 2.32. The lowest BCUT2D eigenvalue weighted by molar-refractivity contribution is -0.142. The summed E-state index contributed by atoms with van der Waals surface area (Å²) in [5, 5.41) is 0. The van der Waals surface area contributed by atoms with Crippen LogP contribution in [0.15, 0.2) is 48.5 Å². The van der Waals surface area contributed by atoms with Gasteiger partial charge in [0.05, 0.1) is 20.1 Å². The van der Waals surface area contributed by atoms with Gasteiger partial charge in [-0.15, -0.1) is 0 Å². The molecule has 0 aliphatic rings. The van der Waals surface area contributed by atoms with Crippen molar-refractivity contribution >= 4 is 5.97 Å². The van der Waals surface area contributed by atoms with Gasteiger partial charge in [0.2, 0.25) is 0 Å². The number of hydrogen-bond donors (Lipinski definition) is 0. The number of methoxy groups -OCH3 is 3. The molecule has 0 radical (unpaired) electrons. The summed E-state index contributed by atoms with van der Waals surface area (Å²) >= 11 is 0. The van der Waals surface area contributed by atoms with E-state index in [4.69, 9.17) is 18.9 Å². The van der Waals surface area contributed by atoms with E-state index in [9.17, 15) is 4.79 Å². The van der Waals surface area contributed by atoms with Crippen LogP contribution >= 0.6 is 0 Å². The molecule has 24 heavy (non-hydrogen) atoms. The SMILES string of the molecule is COCOc1cc(OC)ccc1CC(C(=O)OC)c1ccccc1. The maximum atomic E-state index is 12.3. The molecule has 0 saturated heterocycles. The van der Waals surface area contributed by atoms with Crippen LogP contribution in [0.4, 0.5) is 0 Å². The van der Waals surface area contributed by atoms with E-state index in [1.165, 1.54) is 7.11 Å². The largest absolute Gasteiger partial charge is 0.497 e. The second-order valence-electron chi connectivity index (χ2n) is 5.22. The molecule has 0 spiro atoms. The predicted octanol–water partition coefficient (Wildman–Crippen LogP) is 3.18. The Bertz CT molecular complexity index is 654. The van der Waals surface area contributed by atoms with Crippen molar-refractivity contribution in [2.75, 3.05) is 28.1 Å². The van der Waals surface area contributed by atoms with Gasteiger partial charge in [-0.25, -0.2) is 0 Å². The van der Waals surface area contributed by atoms with Crippen molar-refractivity contribution in [3.8, 4) is 11.5 Å². The molecule has 0 N–H and O–H groups in total. The first-order valence-electron chi connectivity index (χ1n) is 7.61. The fraction of sp³-hybridized carbons (Fsp3) is 0.316. The molecule has 0 heterocycles. The van der Waals surface area contributed by atoms with E-state index in [0.717, 1.165) is 11.1 Å². The van der Waals surface area contributed by atoms with Gasteiger partial charge in [0, 0.05) is 13.2 Å². The second kappa shape index (κ2) is 8.93. The Morgan fingerprint density at radius 2 is 1.79 bits per heavy atom. The summed E-state index contributed by atoms with van der Waals surface area (Å²) in [6.07, 6.45) is 0.458. The van der Waals surface area contributed by atoms with E-state index in [-0.39, 0.29) is 12.8 Å². The van der Waals surface area contributed by atoms with Crippen molar-refractivity contribution in [2.24, 2.45) is 0 Å². The Labute approximate surface area is 142 Å². The highest BCUT2D eigenvalue weighted by molar-refractivity contribution is 5.78. The quantitative estimate of drug-likeness (QED) is 0.550. The molecule has 0 saturated carbocycles. The molecule has 5 heteroatoms. The molecule has 0 bridgehead atoms. The third-order valence-corrected chi connectivity index (χ3v) is 3.72. The van der Waals surface area contributed by atoms with Gasteiger partial charge in [-0.2, -0.15) is 0 Å². The Morgan fingerprint density at radius 3 is 2.42 bits per heavy atom. The van der Waals surface area contributed by atoms with Crippen molar-refractivity contribution in [1.29, 1.82) is 0 Å². The minimum absolute atomic E-state index is 0.119. The number of ether oxygens (including phenoxy) is 4. The maximum Gasteiger partial charge on any atom is 0.313 e. The standard InChI is InChI=1S/C19H22O5/c1-21-13-24-18-12-16(22-2)10-9-15(18)11-17(19(20)23-3)14-7-5-4-6-8-14/h4-10,12,17H,11,13H2,1-3H3. The smallest absolute Gasteiger partial charge is 0.313 e. The molecule has 0 amide bonds. The number of carbonyl (C=O) groups excluding carboxylic acids is 1. The molecule has 0 fully saturated rings. The highest BCUT2D eigenvalue weighted by Crippen LogP contribution is 2.30. The monoisotopic (exact) mass is 330 g/mol. The molecule has 1 atom stereocenters. The topological polar surface area (TPSA) is 54.0 Å². The van der Waals surface area contributed by atoms with Crippen molar-refractivity contribution in [3.63, 3.8) is 0 Å². The van der Waals surface area contributed by atoms with Gasteiger partial charge in [-0.05, 0) is 23.6 Å². The van der Waals surface area contributed by atoms with Gasteiger partial charge < -0.3 is 18.9 Å². The first-order chi connectivity index (χ1) is 11.7. The number of carbonyl (C=O) groups is 1. The predicted molar refractivity (Wildman–Crippen MR) is 90.4 cm³/mol. The highest BCUT2D eigenvalue weighted by atomic mass is 16.7. The van der Waals surface area contributed by atoms with Gasteiger partial charge in [0.25, 0.3) is 0 Å². The van der Waals surface area contributed by atoms with Crippen LogP contribution in [0.2, 0.25) is 0 Å². The number of esters is 1. The summed E-state index contributed by atoms with van der Waals surface area (Å²) in [6.45, 7) is 0.119. The van der Waals surface area contributed by atoms with Crippen LogP contribution in [0.25, 0.3) is 0 Å². The molecule has 0 aliphatic carbocycles. The Hall–Kier alpha value is -2.53. The van der Waals surface area contributed by atoms with Crippen molar-refractivity contribution in [1.82, 2.24) is 0 Å². The van der Waals surface area contributed by atoms with E-state index in [1.54, 1.807) is 20.3 Å². The average Bonchev–Trinajstić information content (AvgIpc) is 2.64. The van der Waals surface area contributed by atoms with Crippen LogP contribution in [0, 0.1) is 0 Å². The molecule has 2 rings (SSSR count). The summed E-state index contributed by atoms with van der Waals surface area (Å²) in [5.74, 6) is 0.615. The highest BCUT2D eigenvalue weighted by Gasteiger charge is 2.23. The molecule has 1 unspecified atom stereocenters. The van der Waals surface area contributed by atoms with Gasteiger partial charge in [-0.3, -0.25) is 4.79 Å². The van der Waals surface area contributed by atoms with E-state index >= 15 is 0 Å². The lowest BCUT2D eigenvalue weighted by atomic mass is 9.91. The van der Waals surface area contributed by atoms with Gasteiger partial charge in [0.1, 0.15) is 11.5 Å². The Kier molecular flexibility index (Phi) is 6.63. The molecule has 128 valence electrons. The normalized spacial score (nSPS) is 11.6. The van der Waals surface area contributed by atoms with E-state index < -0.39 is 5.92 Å². The maximum absolute atomic E-state index is 12.3. The van der Waals surface area contributed by atoms with Gasteiger partial charge >= 0.3 is 5.97 Å². The van der Waals surface area contributed by atoms with E-state index in [0.29, 0.717) is 17.9 Å². The first kappa shape index (κ1) is 17.8. The lowest BCUT2D eigenvalue weighted by Crippen LogP contribution is -2.17. The first-order valence-corrected chi connectivity index (χ1v) is 7.61. The van der Waals surface area contributed by atoms with Crippen LogP contribution in [0.3, 0.4) is 0 Å². The molecule has 0 aromatic heterocycles. The van der Waals surface area contributed by atoms with Gasteiger partial charge in [-0.1, -0.05) is 36.4 Å². The summed E-state index contributed by atoms with van der Waals surface area (Å²) in [7, 11) is 4.55. The van der Waals surface area contributed by atoms with Crippen molar-refractivity contribution < 1.29 is 23.7 Å². The average molecular weight is 330 g/mol. The van der Waals surface area contributed by atoms with Crippen LogP contribution in [0.1, 0.15) is 17.0 Å². The zero-order chi connectivity index (χ0) is 17.4. The molecular formula is C19H22O5. The molecular weight excluding hydrogens is 308 g/mol. The van der Waals surface area contributed by atoms with Crippen LogP contribution < -0.4 is 9.47 Å². The van der Waals surface area contributed by atoms with Gasteiger partial charge in [0.15, 0.2) is 6.79 Å². The molecule has 5 nitrogen and oxygen atoms in total. The zero-order valence-corrected chi connectivity index (χ0v) is 14.2. The summed E-state index contributed by atoms with van der Waals surface area (Å²) in [4.78, 5) is 12.3. The van der Waals surface area contributed by atoms with Crippen LogP contribution in [-0.4, -0.2) is 34.1 Å². The number of benzene rings is 2. The van der Waals surface area contributed by atoms with Crippen molar-refractivity contribution in [3.05, 3.63) is 59.7 Å².